The Morgan fingerprint density at radius 3 is 2.25 bits per heavy atom. The van der Waals surface area contributed by atoms with Crippen LogP contribution in [0, 0.1) is 18.3 Å². The molecule has 132 valence electrons. The number of ether oxygens (including phenoxy) is 1. The van der Waals surface area contributed by atoms with E-state index >= 15 is 0 Å². The molecule has 0 fully saturated rings. The highest BCUT2D eigenvalue weighted by molar-refractivity contribution is 7.89. The molecule has 0 heterocycles. The molecule has 0 radical (unpaired) electrons. The summed E-state index contributed by atoms with van der Waals surface area (Å²) in [4.78, 5) is 11.4. The first-order valence-electron chi connectivity index (χ1n) is 6.71. The Labute approximate surface area is 137 Å². The number of alkyl halides is 3. The molecule has 0 aromatic heterocycles. The van der Waals surface area contributed by atoms with Gasteiger partial charge in [0.2, 0.25) is 15.6 Å². The van der Waals surface area contributed by atoms with E-state index in [1.165, 1.54) is 29.8 Å². The van der Waals surface area contributed by atoms with Crippen LogP contribution in [-0.4, -0.2) is 32.7 Å². The van der Waals surface area contributed by atoms with Gasteiger partial charge in [0.1, 0.15) is 0 Å². The van der Waals surface area contributed by atoms with Crippen LogP contribution in [0.2, 0.25) is 0 Å². The summed E-state index contributed by atoms with van der Waals surface area (Å²) in [5, 5.41) is 8.69. The van der Waals surface area contributed by atoms with E-state index in [0.717, 1.165) is 12.1 Å². The number of hydrogen-bond donors (Lipinski definition) is 1. The number of benzene rings is 1. The molecule has 1 aromatic carbocycles. The van der Waals surface area contributed by atoms with Crippen molar-refractivity contribution in [3.8, 4) is 6.07 Å². The molecule has 0 bridgehead atoms. The molecule has 1 atom stereocenters. The summed E-state index contributed by atoms with van der Waals surface area (Å²) in [6, 6.07) is 6.15. The zero-order valence-electron chi connectivity index (χ0n) is 12.8. The quantitative estimate of drug-likeness (QED) is 0.780. The predicted octanol–water partition coefficient (Wildman–Crippen LogP) is 2.05. The van der Waals surface area contributed by atoms with E-state index in [1.807, 2.05) is 0 Å². The van der Waals surface area contributed by atoms with Crippen LogP contribution in [-0.2, 0) is 19.6 Å². The number of sulfonamides is 1. The van der Waals surface area contributed by atoms with Crippen LogP contribution < -0.4 is 4.72 Å². The molecule has 0 aliphatic rings. The monoisotopic (exact) mass is 364 g/mol. The molecular formula is C14H15F3N2O4S. The third-order valence-corrected chi connectivity index (χ3v) is 4.60. The van der Waals surface area contributed by atoms with Crippen LogP contribution in [0.3, 0.4) is 0 Å². The summed E-state index contributed by atoms with van der Waals surface area (Å²) in [5.41, 5.74) is -2.99. The number of rotatable bonds is 6. The van der Waals surface area contributed by atoms with Gasteiger partial charge in [-0.3, -0.25) is 0 Å². The highest BCUT2D eigenvalue weighted by Gasteiger charge is 2.63. The minimum absolute atomic E-state index is 0.408. The van der Waals surface area contributed by atoms with Crippen molar-refractivity contribution >= 4 is 16.0 Å². The Balaban J connectivity index is 3.42. The summed E-state index contributed by atoms with van der Waals surface area (Å²) in [7, 11) is -4.73. The molecule has 6 nitrogen and oxygen atoms in total. The van der Waals surface area contributed by atoms with Crippen LogP contribution in [0.15, 0.2) is 29.2 Å². The lowest BCUT2D eigenvalue weighted by molar-refractivity contribution is -0.208. The molecule has 10 heteroatoms. The lowest BCUT2D eigenvalue weighted by Crippen LogP contribution is -2.64. The van der Waals surface area contributed by atoms with Crippen molar-refractivity contribution in [2.45, 2.75) is 36.9 Å². The van der Waals surface area contributed by atoms with Gasteiger partial charge >= 0.3 is 12.1 Å². The second-order valence-electron chi connectivity index (χ2n) is 4.88. The van der Waals surface area contributed by atoms with Gasteiger partial charge in [-0.15, -0.1) is 0 Å². The Morgan fingerprint density at radius 1 is 1.29 bits per heavy atom. The second-order valence-corrected chi connectivity index (χ2v) is 6.56. The molecule has 24 heavy (non-hydrogen) atoms. The normalized spacial score (nSPS) is 14.5. The number of nitrogens with zero attached hydrogens (tertiary/aromatic N) is 1. The fourth-order valence-electron chi connectivity index (χ4n) is 1.80. The Hall–Kier alpha value is -2.12. The summed E-state index contributed by atoms with van der Waals surface area (Å²) in [6.45, 7) is 2.52. The maximum Gasteiger partial charge on any atom is 0.419 e. The van der Waals surface area contributed by atoms with Crippen LogP contribution in [0.4, 0.5) is 13.2 Å². The third kappa shape index (κ3) is 4.04. The largest absolute Gasteiger partial charge is 0.464 e. The third-order valence-electron chi connectivity index (χ3n) is 3.09. The van der Waals surface area contributed by atoms with Gasteiger partial charge in [-0.05, 0) is 26.0 Å². The lowest BCUT2D eigenvalue weighted by atomic mass is 9.97. The van der Waals surface area contributed by atoms with Gasteiger partial charge in [-0.25, -0.2) is 13.2 Å². The van der Waals surface area contributed by atoms with Crippen LogP contribution in [0.5, 0.6) is 0 Å². The van der Waals surface area contributed by atoms with Gasteiger partial charge in [0.05, 0.1) is 24.0 Å². The standard InChI is InChI=1S/C14H15F3N2O4S/c1-3-23-12(20)13(8-9-18,14(15,16)17)19-24(21,22)11-6-4-10(2)5-7-11/h4-7,19H,3,8H2,1-2H3/t13-/m0/s1. The summed E-state index contributed by atoms with van der Waals surface area (Å²) in [5.74, 6) is -1.88. The minimum atomic E-state index is -5.37. The van der Waals surface area contributed by atoms with Crippen molar-refractivity contribution in [2.75, 3.05) is 6.61 Å². The van der Waals surface area contributed by atoms with Gasteiger partial charge in [0, 0.05) is 0 Å². The molecule has 0 aliphatic heterocycles. The molecule has 0 amide bonds. The van der Waals surface area contributed by atoms with Crippen molar-refractivity contribution in [2.24, 2.45) is 0 Å². The summed E-state index contributed by atoms with van der Waals surface area (Å²) in [6.07, 6.45) is -6.83. The first kappa shape index (κ1) is 19.9. The molecule has 0 saturated heterocycles. The molecule has 0 unspecified atom stereocenters. The van der Waals surface area contributed by atoms with E-state index in [9.17, 15) is 26.4 Å². The zero-order valence-corrected chi connectivity index (χ0v) is 13.7. The molecular weight excluding hydrogens is 349 g/mol. The highest BCUT2D eigenvalue weighted by Crippen LogP contribution is 2.35. The van der Waals surface area contributed by atoms with Gasteiger partial charge in [-0.2, -0.15) is 23.2 Å². The van der Waals surface area contributed by atoms with Gasteiger partial charge in [0.15, 0.2) is 0 Å². The molecule has 0 saturated carbocycles. The van der Waals surface area contributed by atoms with Gasteiger partial charge < -0.3 is 4.74 Å². The van der Waals surface area contributed by atoms with E-state index < -0.39 is 45.6 Å². The van der Waals surface area contributed by atoms with Crippen molar-refractivity contribution in [3.05, 3.63) is 29.8 Å². The van der Waals surface area contributed by atoms with E-state index in [0.29, 0.717) is 5.56 Å². The minimum Gasteiger partial charge on any atom is -0.464 e. The van der Waals surface area contributed by atoms with E-state index in [4.69, 9.17) is 5.26 Å². The Morgan fingerprint density at radius 2 is 1.83 bits per heavy atom. The predicted molar refractivity (Wildman–Crippen MR) is 77.1 cm³/mol. The average Bonchev–Trinajstić information content (AvgIpc) is 2.46. The van der Waals surface area contributed by atoms with Gasteiger partial charge in [0.25, 0.3) is 0 Å². The summed E-state index contributed by atoms with van der Waals surface area (Å²) < 4.78 is 70.6. The number of esters is 1. The number of carbonyl (C=O) groups excluding carboxylic acids is 1. The summed E-state index contributed by atoms with van der Waals surface area (Å²) >= 11 is 0. The van der Waals surface area contributed by atoms with Crippen LogP contribution in [0.1, 0.15) is 18.9 Å². The van der Waals surface area contributed by atoms with Crippen molar-refractivity contribution in [3.63, 3.8) is 0 Å². The van der Waals surface area contributed by atoms with Crippen molar-refractivity contribution < 1.29 is 31.1 Å². The number of halogens is 3. The molecule has 1 N–H and O–H groups in total. The first-order chi connectivity index (χ1) is 11.0. The number of carbonyl (C=O) groups is 1. The molecule has 0 aliphatic carbocycles. The fraction of sp³-hybridized carbons (Fsp3) is 0.429. The van der Waals surface area contributed by atoms with E-state index in [-0.39, 0.29) is 0 Å². The average molecular weight is 364 g/mol. The van der Waals surface area contributed by atoms with E-state index in [1.54, 1.807) is 6.92 Å². The van der Waals surface area contributed by atoms with Gasteiger partial charge in [-0.1, -0.05) is 17.7 Å². The van der Waals surface area contributed by atoms with Crippen LogP contribution in [0.25, 0.3) is 0 Å². The van der Waals surface area contributed by atoms with Crippen molar-refractivity contribution in [1.29, 1.82) is 5.26 Å². The Bertz CT molecular complexity index is 739. The number of nitriles is 1. The number of hydrogen-bond acceptors (Lipinski definition) is 5. The lowest BCUT2D eigenvalue weighted by Gasteiger charge is -2.31. The highest BCUT2D eigenvalue weighted by atomic mass is 32.2. The SMILES string of the molecule is CCOC(=O)[C@](CC#N)(NS(=O)(=O)c1ccc(C)cc1)C(F)(F)F. The number of aryl methyl sites for hydroxylation is 1. The first-order valence-corrected chi connectivity index (χ1v) is 8.20. The van der Waals surface area contributed by atoms with Crippen LogP contribution >= 0.6 is 0 Å². The topological polar surface area (TPSA) is 96.3 Å². The fourth-order valence-corrected chi connectivity index (χ4v) is 3.14. The maximum absolute atomic E-state index is 13.5. The molecule has 1 aromatic rings. The Kier molecular flexibility index (Phi) is 5.97. The van der Waals surface area contributed by atoms with Crippen molar-refractivity contribution in [1.82, 2.24) is 4.72 Å². The zero-order chi connectivity index (χ0) is 18.6. The molecule has 1 rings (SSSR count). The van der Waals surface area contributed by atoms with E-state index in [2.05, 4.69) is 4.74 Å². The molecule has 0 spiro atoms. The second kappa shape index (κ2) is 7.19. The number of nitrogens with one attached hydrogen (secondary N) is 1. The smallest absolute Gasteiger partial charge is 0.419 e. The maximum atomic E-state index is 13.5.